The number of thiophene rings is 1. The average Bonchev–Trinajstić information content (AvgIpc) is 2.86. The Morgan fingerprint density at radius 2 is 2.00 bits per heavy atom. The van der Waals surface area contributed by atoms with Crippen LogP contribution in [-0.2, 0) is 6.54 Å². The van der Waals surface area contributed by atoms with Gasteiger partial charge in [0.15, 0.2) is 0 Å². The van der Waals surface area contributed by atoms with Gasteiger partial charge < -0.3 is 10.2 Å². The third-order valence-corrected chi connectivity index (χ3v) is 4.96. The molecule has 0 saturated heterocycles. The lowest BCUT2D eigenvalue weighted by Gasteiger charge is -2.23. The predicted octanol–water partition coefficient (Wildman–Crippen LogP) is 4.44. The number of hydrogen-bond acceptors (Lipinski definition) is 3. The third-order valence-electron chi connectivity index (χ3n) is 3.26. The summed E-state index contributed by atoms with van der Waals surface area (Å²) in [7, 11) is 0. The van der Waals surface area contributed by atoms with Crippen LogP contribution >= 0.6 is 27.3 Å². The summed E-state index contributed by atoms with van der Waals surface area (Å²) in [6.45, 7) is 8.34. The van der Waals surface area contributed by atoms with Gasteiger partial charge in [-0.05, 0) is 48.0 Å². The van der Waals surface area contributed by atoms with E-state index in [4.69, 9.17) is 0 Å². The minimum absolute atomic E-state index is 0.946. The minimum atomic E-state index is 0.946. The van der Waals surface area contributed by atoms with Gasteiger partial charge in [-0.3, -0.25) is 0 Å². The van der Waals surface area contributed by atoms with Crippen LogP contribution in [0.3, 0.4) is 0 Å². The maximum atomic E-state index is 3.51. The molecule has 0 aliphatic carbocycles. The topological polar surface area (TPSA) is 15.3 Å². The number of rotatable bonds is 7. The molecule has 2 nitrogen and oxygen atoms in total. The van der Waals surface area contributed by atoms with Crippen molar-refractivity contribution < 1.29 is 0 Å². The lowest BCUT2D eigenvalue weighted by atomic mass is 10.2. The van der Waals surface area contributed by atoms with Crippen LogP contribution in [0.2, 0.25) is 0 Å². The first-order valence-corrected chi connectivity index (χ1v) is 8.61. The molecule has 0 aliphatic rings. The summed E-state index contributed by atoms with van der Waals surface area (Å²) in [4.78, 5) is 3.77. The summed E-state index contributed by atoms with van der Waals surface area (Å²) in [5, 5.41) is 5.64. The molecule has 20 heavy (non-hydrogen) atoms. The number of hydrogen-bond donors (Lipinski definition) is 1. The third kappa shape index (κ3) is 4.62. The Morgan fingerprint density at radius 3 is 2.60 bits per heavy atom. The second kappa shape index (κ2) is 7.81. The van der Waals surface area contributed by atoms with Crippen molar-refractivity contribution in [3.05, 3.63) is 50.6 Å². The van der Waals surface area contributed by atoms with Gasteiger partial charge in [-0.15, -0.1) is 11.3 Å². The Balaban J connectivity index is 1.77. The Labute approximate surface area is 133 Å². The average molecular weight is 353 g/mol. The Morgan fingerprint density at radius 1 is 1.25 bits per heavy atom. The zero-order valence-corrected chi connectivity index (χ0v) is 14.4. The van der Waals surface area contributed by atoms with Gasteiger partial charge in [-0.2, -0.15) is 0 Å². The largest absolute Gasteiger partial charge is 0.371 e. The van der Waals surface area contributed by atoms with Crippen molar-refractivity contribution in [2.75, 3.05) is 24.5 Å². The molecule has 2 rings (SSSR count). The first-order chi connectivity index (χ1) is 9.69. The van der Waals surface area contributed by atoms with Crippen LogP contribution in [0.4, 0.5) is 5.69 Å². The molecule has 0 amide bonds. The van der Waals surface area contributed by atoms with E-state index in [2.05, 4.69) is 75.7 Å². The summed E-state index contributed by atoms with van der Waals surface area (Å²) < 4.78 is 1.18. The Kier molecular flexibility index (Phi) is 6.07. The highest BCUT2D eigenvalue weighted by Gasteiger charge is 2.03. The van der Waals surface area contributed by atoms with Crippen LogP contribution in [0.15, 0.2) is 40.2 Å². The molecule has 0 saturated carbocycles. The molecular formula is C16H21BrN2S. The molecule has 0 fully saturated rings. The van der Waals surface area contributed by atoms with Crippen molar-refractivity contribution in [2.24, 2.45) is 0 Å². The summed E-state index contributed by atoms with van der Waals surface area (Å²) in [6.07, 6.45) is 0. The second-order valence-corrected chi connectivity index (χ2v) is 6.73. The standard InChI is InChI=1S/C16H21BrN2S/c1-3-19(15-6-4-13(2)5-7-15)9-8-18-11-16-10-14(17)12-20-16/h4-7,10,12,18H,3,8-9,11H2,1-2H3. The highest BCUT2D eigenvalue weighted by molar-refractivity contribution is 9.10. The molecule has 1 N–H and O–H groups in total. The molecular weight excluding hydrogens is 332 g/mol. The highest BCUT2D eigenvalue weighted by Crippen LogP contribution is 2.19. The van der Waals surface area contributed by atoms with Crippen molar-refractivity contribution in [3.63, 3.8) is 0 Å². The van der Waals surface area contributed by atoms with E-state index in [1.54, 1.807) is 11.3 Å². The fourth-order valence-electron chi connectivity index (χ4n) is 2.10. The van der Waals surface area contributed by atoms with Crippen molar-refractivity contribution in [2.45, 2.75) is 20.4 Å². The number of nitrogens with zero attached hydrogens (tertiary/aromatic N) is 1. The van der Waals surface area contributed by atoms with Crippen molar-refractivity contribution >= 4 is 33.0 Å². The van der Waals surface area contributed by atoms with E-state index in [1.165, 1.54) is 20.6 Å². The molecule has 1 heterocycles. The molecule has 2 aromatic rings. The number of aryl methyl sites for hydroxylation is 1. The van der Waals surface area contributed by atoms with Gasteiger partial charge in [0.05, 0.1) is 0 Å². The Bertz CT molecular complexity index is 522. The maximum Gasteiger partial charge on any atom is 0.0366 e. The lowest BCUT2D eigenvalue weighted by molar-refractivity contribution is 0.670. The summed E-state index contributed by atoms with van der Waals surface area (Å²) in [5.41, 5.74) is 2.62. The van der Waals surface area contributed by atoms with Crippen molar-refractivity contribution in [3.8, 4) is 0 Å². The molecule has 0 atom stereocenters. The number of likely N-dealkylation sites (N-methyl/N-ethyl adjacent to an activating group) is 1. The predicted molar refractivity (Wildman–Crippen MR) is 92.8 cm³/mol. The molecule has 4 heteroatoms. The quantitative estimate of drug-likeness (QED) is 0.741. The summed E-state index contributed by atoms with van der Waals surface area (Å²) in [5.74, 6) is 0. The van der Waals surface area contributed by atoms with E-state index in [0.29, 0.717) is 0 Å². The number of nitrogens with one attached hydrogen (secondary N) is 1. The van der Waals surface area contributed by atoms with Crippen molar-refractivity contribution in [1.82, 2.24) is 5.32 Å². The van der Waals surface area contributed by atoms with Crippen LogP contribution in [0.1, 0.15) is 17.4 Å². The van der Waals surface area contributed by atoms with E-state index in [9.17, 15) is 0 Å². The Hall–Kier alpha value is -0.840. The van der Waals surface area contributed by atoms with Gasteiger partial charge in [0, 0.05) is 46.6 Å². The monoisotopic (exact) mass is 352 g/mol. The second-order valence-electron chi connectivity index (χ2n) is 4.82. The molecule has 108 valence electrons. The van der Waals surface area contributed by atoms with Crippen LogP contribution in [-0.4, -0.2) is 19.6 Å². The van der Waals surface area contributed by atoms with Crippen LogP contribution in [0.25, 0.3) is 0 Å². The number of benzene rings is 1. The van der Waals surface area contributed by atoms with Gasteiger partial charge in [0.1, 0.15) is 0 Å². The fraction of sp³-hybridized carbons (Fsp3) is 0.375. The SMILES string of the molecule is CCN(CCNCc1cc(Br)cs1)c1ccc(C)cc1. The van der Waals surface area contributed by atoms with Crippen LogP contribution in [0, 0.1) is 6.92 Å². The summed E-state index contributed by atoms with van der Waals surface area (Å²) >= 11 is 5.28. The molecule has 0 aliphatic heterocycles. The smallest absolute Gasteiger partial charge is 0.0366 e. The molecule has 0 bridgehead atoms. The van der Waals surface area contributed by atoms with E-state index < -0.39 is 0 Å². The number of anilines is 1. The fourth-order valence-corrected chi connectivity index (χ4v) is 3.52. The summed E-state index contributed by atoms with van der Waals surface area (Å²) in [6, 6.07) is 10.9. The molecule has 0 radical (unpaired) electrons. The normalized spacial score (nSPS) is 10.8. The van der Waals surface area contributed by atoms with Gasteiger partial charge in [0.25, 0.3) is 0 Å². The minimum Gasteiger partial charge on any atom is -0.371 e. The zero-order chi connectivity index (χ0) is 14.4. The van der Waals surface area contributed by atoms with Gasteiger partial charge in [0.2, 0.25) is 0 Å². The van der Waals surface area contributed by atoms with Crippen LogP contribution in [0.5, 0.6) is 0 Å². The van der Waals surface area contributed by atoms with Gasteiger partial charge in [-0.1, -0.05) is 17.7 Å². The number of halogens is 1. The van der Waals surface area contributed by atoms with E-state index in [-0.39, 0.29) is 0 Å². The lowest BCUT2D eigenvalue weighted by Crippen LogP contribution is -2.31. The molecule has 0 spiro atoms. The first kappa shape index (κ1) is 15.5. The maximum absolute atomic E-state index is 3.51. The van der Waals surface area contributed by atoms with E-state index in [0.717, 1.165) is 26.2 Å². The molecule has 1 aromatic carbocycles. The van der Waals surface area contributed by atoms with Gasteiger partial charge >= 0.3 is 0 Å². The van der Waals surface area contributed by atoms with Crippen molar-refractivity contribution in [1.29, 1.82) is 0 Å². The highest BCUT2D eigenvalue weighted by atomic mass is 79.9. The van der Waals surface area contributed by atoms with E-state index >= 15 is 0 Å². The van der Waals surface area contributed by atoms with Crippen LogP contribution < -0.4 is 10.2 Å². The zero-order valence-electron chi connectivity index (χ0n) is 12.0. The van der Waals surface area contributed by atoms with E-state index in [1.807, 2.05) is 0 Å². The molecule has 0 unspecified atom stereocenters. The first-order valence-electron chi connectivity index (χ1n) is 6.94. The molecule has 1 aromatic heterocycles. The van der Waals surface area contributed by atoms with Gasteiger partial charge in [-0.25, -0.2) is 0 Å².